The molecule has 1 aromatic carbocycles. The average Bonchev–Trinajstić information content (AvgIpc) is 2.81. The van der Waals surface area contributed by atoms with E-state index >= 15 is 0 Å². The van der Waals surface area contributed by atoms with Gasteiger partial charge >= 0.3 is 0 Å². The highest BCUT2D eigenvalue weighted by Gasteiger charge is 2.15. The van der Waals surface area contributed by atoms with Crippen LogP contribution in [0, 0.1) is 0 Å². The van der Waals surface area contributed by atoms with Crippen molar-refractivity contribution in [1.29, 1.82) is 0 Å². The van der Waals surface area contributed by atoms with Crippen LogP contribution in [-0.4, -0.2) is 24.8 Å². The molecule has 5 heteroatoms. The zero-order valence-electron chi connectivity index (χ0n) is 10.7. The SMILES string of the molecule is CSC(C)CCNCc1cc2c(cc1Br)OCO2. The van der Waals surface area contributed by atoms with E-state index in [9.17, 15) is 0 Å². The number of hydrogen-bond acceptors (Lipinski definition) is 4. The van der Waals surface area contributed by atoms with Crippen molar-refractivity contribution >= 4 is 27.7 Å². The summed E-state index contributed by atoms with van der Waals surface area (Å²) >= 11 is 5.47. The number of benzene rings is 1. The minimum absolute atomic E-state index is 0.323. The maximum absolute atomic E-state index is 5.38. The van der Waals surface area contributed by atoms with Gasteiger partial charge in [-0.15, -0.1) is 0 Å². The Morgan fingerprint density at radius 3 is 2.83 bits per heavy atom. The molecule has 100 valence electrons. The Bertz CT molecular complexity index is 414. The molecule has 0 saturated carbocycles. The first-order chi connectivity index (χ1) is 8.70. The van der Waals surface area contributed by atoms with E-state index in [0.717, 1.165) is 29.1 Å². The van der Waals surface area contributed by atoms with Gasteiger partial charge in [0.2, 0.25) is 6.79 Å². The Hall–Kier alpha value is -0.390. The Labute approximate surface area is 121 Å². The van der Waals surface area contributed by atoms with E-state index in [2.05, 4.69) is 34.4 Å². The van der Waals surface area contributed by atoms with E-state index < -0.39 is 0 Å². The van der Waals surface area contributed by atoms with E-state index in [1.807, 2.05) is 23.9 Å². The van der Waals surface area contributed by atoms with Crippen molar-refractivity contribution in [2.45, 2.75) is 25.1 Å². The number of hydrogen-bond donors (Lipinski definition) is 1. The lowest BCUT2D eigenvalue weighted by Gasteiger charge is -2.10. The second-order valence-corrected chi connectivity index (χ2v) is 6.44. The van der Waals surface area contributed by atoms with Crippen LogP contribution in [0.2, 0.25) is 0 Å². The first-order valence-corrected chi connectivity index (χ1v) is 8.10. The molecule has 1 aliphatic rings. The summed E-state index contributed by atoms with van der Waals surface area (Å²) in [6.07, 6.45) is 3.34. The van der Waals surface area contributed by atoms with Crippen LogP contribution in [-0.2, 0) is 6.54 Å². The first-order valence-electron chi connectivity index (χ1n) is 6.02. The van der Waals surface area contributed by atoms with E-state index in [4.69, 9.17) is 9.47 Å². The third kappa shape index (κ3) is 3.56. The monoisotopic (exact) mass is 331 g/mol. The van der Waals surface area contributed by atoms with Crippen LogP contribution >= 0.6 is 27.7 Å². The van der Waals surface area contributed by atoms with Crippen LogP contribution < -0.4 is 14.8 Å². The topological polar surface area (TPSA) is 30.5 Å². The number of halogens is 1. The predicted molar refractivity (Wildman–Crippen MR) is 79.6 cm³/mol. The van der Waals surface area contributed by atoms with Crippen molar-refractivity contribution in [2.24, 2.45) is 0 Å². The molecule has 0 radical (unpaired) electrons. The highest BCUT2D eigenvalue weighted by atomic mass is 79.9. The van der Waals surface area contributed by atoms with Gasteiger partial charge < -0.3 is 14.8 Å². The summed E-state index contributed by atoms with van der Waals surface area (Å²) in [5.74, 6) is 1.66. The molecule has 1 atom stereocenters. The molecule has 0 fully saturated rings. The Kier molecular flexibility index (Phi) is 5.21. The van der Waals surface area contributed by atoms with E-state index in [1.54, 1.807) is 0 Å². The summed E-state index contributed by atoms with van der Waals surface area (Å²) in [5, 5.41) is 4.17. The summed E-state index contributed by atoms with van der Waals surface area (Å²) in [4.78, 5) is 0. The van der Waals surface area contributed by atoms with E-state index in [0.29, 0.717) is 12.0 Å². The van der Waals surface area contributed by atoms with Gasteiger partial charge in [0.05, 0.1) is 0 Å². The lowest BCUT2D eigenvalue weighted by atomic mass is 10.2. The summed E-state index contributed by atoms with van der Waals surface area (Å²) in [7, 11) is 0. The van der Waals surface area contributed by atoms with Crippen molar-refractivity contribution in [3.8, 4) is 11.5 Å². The highest BCUT2D eigenvalue weighted by molar-refractivity contribution is 9.10. The molecule has 0 saturated heterocycles. The molecular formula is C13H18BrNO2S. The largest absolute Gasteiger partial charge is 0.454 e. The minimum atomic E-state index is 0.323. The molecule has 1 N–H and O–H groups in total. The number of ether oxygens (including phenoxy) is 2. The molecule has 0 amide bonds. The smallest absolute Gasteiger partial charge is 0.231 e. The molecule has 1 unspecified atom stereocenters. The Morgan fingerprint density at radius 2 is 2.11 bits per heavy atom. The molecule has 18 heavy (non-hydrogen) atoms. The van der Waals surface area contributed by atoms with Crippen LogP contribution in [0.3, 0.4) is 0 Å². The fraction of sp³-hybridized carbons (Fsp3) is 0.538. The van der Waals surface area contributed by atoms with Gasteiger partial charge in [0.25, 0.3) is 0 Å². The van der Waals surface area contributed by atoms with Gasteiger partial charge in [-0.3, -0.25) is 0 Å². The number of thioether (sulfide) groups is 1. The number of rotatable bonds is 6. The van der Waals surface area contributed by atoms with E-state index in [-0.39, 0.29) is 0 Å². The van der Waals surface area contributed by atoms with Crippen molar-refractivity contribution in [1.82, 2.24) is 5.32 Å². The Morgan fingerprint density at radius 1 is 1.39 bits per heavy atom. The molecule has 3 nitrogen and oxygen atoms in total. The van der Waals surface area contributed by atoms with Crippen LogP contribution in [0.1, 0.15) is 18.9 Å². The lowest BCUT2D eigenvalue weighted by molar-refractivity contribution is 0.174. The molecule has 1 heterocycles. The van der Waals surface area contributed by atoms with Gasteiger partial charge in [0, 0.05) is 16.3 Å². The average molecular weight is 332 g/mol. The van der Waals surface area contributed by atoms with Gasteiger partial charge in [0.1, 0.15) is 0 Å². The maximum Gasteiger partial charge on any atom is 0.231 e. The fourth-order valence-electron chi connectivity index (χ4n) is 1.74. The van der Waals surface area contributed by atoms with Crippen molar-refractivity contribution in [2.75, 3.05) is 19.6 Å². The predicted octanol–water partition coefficient (Wildman–Crippen LogP) is 3.41. The third-order valence-corrected chi connectivity index (χ3v) is 4.77. The third-order valence-electron chi connectivity index (χ3n) is 2.99. The second kappa shape index (κ2) is 6.68. The molecule has 1 aromatic rings. The normalized spacial score (nSPS) is 14.8. The summed E-state index contributed by atoms with van der Waals surface area (Å²) in [5.41, 5.74) is 1.20. The van der Waals surface area contributed by atoms with Crippen molar-refractivity contribution in [3.05, 3.63) is 22.2 Å². The molecule has 2 rings (SSSR count). The zero-order chi connectivity index (χ0) is 13.0. The summed E-state index contributed by atoms with van der Waals surface area (Å²) < 4.78 is 11.8. The van der Waals surface area contributed by atoms with Gasteiger partial charge in [-0.25, -0.2) is 0 Å². The van der Waals surface area contributed by atoms with Gasteiger partial charge in [-0.2, -0.15) is 11.8 Å². The zero-order valence-corrected chi connectivity index (χ0v) is 13.1. The van der Waals surface area contributed by atoms with Crippen molar-refractivity contribution < 1.29 is 9.47 Å². The molecular weight excluding hydrogens is 314 g/mol. The van der Waals surface area contributed by atoms with Gasteiger partial charge in [-0.05, 0) is 36.9 Å². The lowest BCUT2D eigenvalue weighted by Crippen LogP contribution is -2.17. The molecule has 0 aromatic heterocycles. The van der Waals surface area contributed by atoms with Crippen LogP contribution in [0.15, 0.2) is 16.6 Å². The van der Waals surface area contributed by atoms with Crippen molar-refractivity contribution in [3.63, 3.8) is 0 Å². The summed E-state index contributed by atoms with van der Waals surface area (Å²) in [6, 6.07) is 4.02. The molecule has 0 aliphatic carbocycles. The van der Waals surface area contributed by atoms with Crippen LogP contribution in [0.4, 0.5) is 0 Å². The standard InChI is InChI=1S/C13H18BrNO2S/c1-9(18-2)3-4-15-7-10-5-12-13(6-11(10)14)17-8-16-12/h5-6,9,15H,3-4,7-8H2,1-2H3. The fourth-order valence-corrected chi connectivity index (χ4v) is 2.56. The maximum atomic E-state index is 5.38. The van der Waals surface area contributed by atoms with Crippen LogP contribution in [0.25, 0.3) is 0 Å². The Balaban J connectivity index is 1.86. The highest BCUT2D eigenvalue weighted by Crippen LogP contribution is 2.36. The number of fused-ring (bicyclic) bond motifs is 1. The van der Waals surface area contributed by atoms with Crippen LogP contribution in [0.5, 0.6) is 11.5 Å². The molecule has 0 bridgehead atoms. The first kappa shape index (κ1) is 14.0. The number of nitrogens with one attached hydrogen (secondary N) is 1. The minimum Gasteiger partial charge on any atom is -0.454 e. The second-order valence-electron chi connectivity index (χ2n) is 4.31. The van der Waals surface area contributed by atoms with Gasteiger partial charge in [0.15, 0.2) is 11.5 Å². The van der Waals surface area contributed by atoms with E-state index in [1.165, 1.54) is 12.0 Å². The molecule has 0 spiro atoms. The summed E-state index contributed by atoms with van der Waals surface area (Å²) in [6.45, 7) is 4.45. The quantitative estimate of drug-likeness (QED) is 0.809. The molecule has 1 aliphatic heterocycles. The van der Waals surface area contributed by atoms with Gasteiger partial charge in [-0.1, -0.05) is 22.9 Å².